The van der Waals surface area contributed by atoms with Crippen LogP contribution < -0.4 is 10.6 Å². The Balaban J connectivity index is 1.84. The van der Waals surface area contributed by atoms with Gasteiger partial charge in [0, 0.05) is 22.3 Å². The van der Waals surface area contributed by atoms with Crippen LogP contribution in [0.2, 0.25) is 10.0 Å². The molecule has 0 atom stereocenters. The van der Waals surface area contributed by atoms with Crippen molar-refractivity contribution in [2.75, 3.05) is 11.9 Å². The Morgan fingerprint density at radius 2 is 1.90 bits per heavy atom. The lowest BCUT2D eigenvalue weighted by Crippen LogP contribution is -2.28. The minimum atomic E-state index is -0.104. The van der Waals surface area contributed by atoms with Crippen molar-refractivity contribution >= 4 is 34.8 Å². The predicted octanol–water partition coefficient (Wildman–Crippen LogP) is 4.03. The van der Waals surface area contributed by atoms with Gasteiger partial charge in [0.2, 0.25) is 5.91 Å². The highest BCUT2D eigenvalue weighted by atomic mass is 35.5. The first-order valence-electron chi connectivity index (χ1n) is 6.56. The second-order valence-electron chi connectivity index (χ2n) is 4.70. The van der Waals surface area contributed by atoms with E-state index in [-0.39, 0.29) is 12.5 Å². The fourth-order valence-corrected chi connectivity index (χ4v) is 2.34. The molecule has 0 radical (unpaired) electrons. The van der Waals surface area contributed by atoms with E-state index in [9.17, 15) is 4.79 Å². The van der Waals surface area contributed by atoms with Gasteiger partial charge in [0.15, 0.2) is 0 Å². The fourth-order valence-electron chi connectivity index (χ4n) is 1.91. The van der Waals surface area contributed by atoms with Crippen molar-refractivity contribution in [1.29, 1.82) is 0 Å². The minimum absolute atomic E-state index is 0.104. The molecular weight excluding hydrogens is 307 g/mol. The van der Waals surface area contributed by atoms with Gasteiger partial charge in [-0.3, -0.25) is 4.79 Å². The van der Waals surface area contributed by atoms with Crippen molar-refractivity contribution in [2.45, 2.75) is 13.5 Å². The van der Waals surface area contributed by atoms with Crippen molar-refractivity contribution in [1.82, 2.24) is 5.32 Å². The van der Waals surface area contributed by atoms with E-state index in [2.05, 4.69) is 10.6 Å². The van der Waals surface area contributed by atoms with Gasteiger partial charge in [0.1, 0.15) is 0 Å². The molecule has 0 aliphatic heterocycles. The summed E-state index contributed by atoms with van der Waals surface area (Å²) in [4.78, 5) is 11.9. The number of amides is 1. The Kier molecular flexibility index (Phi) is 5.62. The molecule has 5 heteroatoms. The van der Waals surface area contributed by atoms with E-state index in [4.69, 9.17) is 23.2 Å². The number of hydrogen-bond donors (Lipinski definition) is 2. The Bertz CT molecular complexity index is 644. The molecule has 110 valence electrons. The molecule has 0 fully saturated rings. The van der Waals surface area contributed by atoms with Gasteiger partial charge in [0.25, 0.3) is 0 Å². The molecule has 0 bridgehead atoms. The molecule has 0 spiro atoms. The summed E-state index contributed by atoms with van der Waals surface area (Å²) in [6.45, 7) is 2.67. The average Bonchev–Trinajstić information content (AvgIpc) is 2.44. The summed E-state index contributed by atoms with van der Waals surface area (Å²) >= 11 is 11.9. The lowest BCUT2D eigenvalue weighted by atomic mass is 10.2. The molecule has 0 aromatic heterocycles. The first-order chi connectivity index (χ1) is 10.1. The van der Waals surface area contributed by atoms with E-state index >= 15 is 0 Å². The second kappa shape index (κ2) is 7.46. The maximum Gasteiger partial charge on any atom is 0.238 e. The van der Waals surface area contributed by atoms with Crippen molar-refractivity contribution < 1.29 is 4.79 Å². The average molecular weight is 323 g/mol. The summed E-state index contributed by atoms with van der Waals surface area (Å²) in [5.74, 6) is -0.104. The van der Waals surface area contributed by atoms with Crippen LogP contribution in [0, 0.1) is 6.92 Å². The van der Waals surface area contributed by atoms with Crippen molar-refractivity contribution in [2.24, 2.45) is 0 Å². The van der Waals surface area contributed by atoms with E-state index in [0.29, 0.717) is 16.6 Å². The van der Waals surface area contributed by atoms with E-state index in [0.717, 1.165) is 16.8 Å². The third kappa shape index (κ3) is 4.74. The van der Waals surface area contributed by atoms with Gasteiger partial charge >= 0.3 is 0 Å². The highest BCUT2D eigenvalue weighted by Gasteiger charge is 2.05. The molecule has 0 aliphatic rings. The minimum Gasteiger partial charge on any atom is -0.325 e. The largest absolute Gasteiger partial charge is 0.325 e. The lowest BCUT2D eigenvalue weighted by molar-refractivity contribution is -0.115. The molecule has 1 amide bonds. The SMILES string of the molecule is Cc1cc(Cl)ccc1NC(=O)CNCc1ccccc1Cl. The van der Waals surface area contributed by atoms with Gasteiger partial charge in [0.05, 0.1) is 6.54 Å². The number of hydrogen-bond acceptors (Lipinski definition) is 2. The van der Waals surface area contributed by atoms with Crippen LogP contribution in [0.25, 0.3) is 0 Å². The highest BCUT2D eigenvalue weighted by molar-refractivity contribution is 6.31. The summed E-state index contributed by atoms with van der Waals surface area (Å²) in [6, 6.07) is 12.9. The van der Waals surface area contributed by atoms with Crippen LogP contribution >= 0.6 is 23.2 Å². The zero-order chi connectivity index (χ0) is 15.2. The van der Waals surface area contributed by atoms with Gasteiger partial charge in [-0.1, -0.05) is 41.4 Å². The zero-order valence-electron chi connectivity index (χ0n) is 11.6. The molecule has 0 aliphatic carbocycles. The molecule has 0 heterocycles. The number of aryl methyl sites for hydroxylation is 1. The normalized spacial score (nSPS) is 10.4. The number of benzene rings is 2. The van der Waals surface area contributed by atoms with Crippen LogP contribution in [0.1, 0.15) is 11.1 Å². The van der Waals surface area contributed by atoms with Crippen molar-refractivity contribution in [3.63, 3.8) is 0 Å². The maximum atomic E-state index is 11.9. The van der Waals surface area contributed by atoms with E-state index < -0.39 is 0 Å². The molecule has 2 N–H and O–H groups in total. The Hall–Kier alpha value is -1.55. The van der Waals surface area contributed by atoms with Crippen LogP contribution in [0.3, 0.4) is 0 Å². The van der Waals surface area contributed by atoms with Gasteiger partial charge < -0.3 is 10.6 Å². The van der Waals surface area contributed by atoms with Crippen molar-refractivity contribution in [3.8, 4) is 0 Å². The van der Waals surface area contributed by atoms with Crippen LogP contribution in [0.5, 0.6) is 0 Å². The molecule has 0 saturated heterocycles. The number of nitrogens with one attached hydrogen (secondary N) is 2. The molecule has 0 saturated carbocycles. The second-order valence-corrected chi connectivity index (χ2v) is 5.55. The highest BCUT2D eigenvalue weighted by Crippen LogP contribution is 2.19. The lowest BCUT2D eigenvalue weighted by Gasteiger charge is -2.10. The van der Waals surface area contributed by atoms with Gasteiger partial charge in [-0.15, -0.1) is 0 Å². The van der Waals surface area contributed by atoms with E-state index in [1.54, 1.807) is 12.1 Å². The van der Waals surface area contributed by atoms with Crippen LogP contribution in [0.4, 0.5) is 5.69 Å². The third-order valence-corrected chi connectivity index (χ3v) is 3.63. The first kappa shape index (κ1) is 15.8. The van der Waals surface area contributed by atoms with E-state index in [1.807, 2.05) is 37.3 Å². The monoisotopic (exact) mass is 322 g/mol. The van der Waals surface area contributed by atoms with E-state index in [1.165, 1.54) is 0 Å². The molecule has 0 unspecified atom stereocenters. The summed E-state index contributed by atoms with van der Waals surface area (Å²) in [5, 5.41) is 7.26. The van der Waals surface area contributed by atoms with Crippen LogP contribution in [-0.4, -0.2) is 12.5 Å². The number of halogens is 2. The van der Waals surface area contributed by atoms with Crippen LogP contribution in [0.15, 0.2) is 42.5 Å². The Morgan fingerprint density at radius 3 is 2.62 bits per heavy atom. The van der Waals surface area contributed by atoms with Gasteiger partial charge in [-0.2, -0.15) is 0 Å². The zero-order valence-corrected chi connectivity index (χ0v) is 13.1. The van der Waals surface area contributed by atoms with Gasteiger partial charge in [-0.05, 0) is 42.3 Å². The molecule has 2 aromatic rings. The Morgan fingerprint density at radius 1 is 1.14 bits per heavy atom. The fraction of sp³-hybridized carbons (Fsp3) is 0.188. The number of carbonyl (C=O) groups is 1. The number of rotatable bonds is 5. The maximum absolute atomic E-state index is 11.9. The quantitative estimate of drug-likeness (QED) is 0.872. The van der Waals surface area contributed by atoms with Crippen molar-refractivity contribution in [3.05, 3.63) is 63.6 Å². The summed E-state index contributed by atoms with van der Waals surface area (Å²) in [7, 11) is 0. The molecule has 2 rings (SSSR count). The summed E-state index contributed by atoms with van der Waals surface area (Å²) < 4.78 is 0. The summed E-state index contributed by atoms with van der Waals surface area (Å²) in [5.41, 5.74) is 2.67. The molecular formula is C16H16Cl2N2O. The number of anilines is 1. The number of carbonyl (C=O) groups excluding carboxylic acids is 1. The molecule has 21 heavy (non-hydrogen) atoms. The third-order valence-electron chi connectivity index (χ3n) is 3.02. The molecule has 3 nitrogen and oxygen atoms in total. The summed E-state index contributed by atoms with van der Waals surface area (Å²) in [6.07, 6.45) is 0. The Labute approximate surface area is 134 Å². The standard InChI is InChI=1S/C16H16Cl2N2O/c1-11-8-13(17)6-7-15(11)20-16(21)10-19-9-12-4-2-3-5-14(12)18/h2-8,19H,9-10H2,1H3,(H,20,21). The predicted molar refractivity (Wildman–Crippen MR) is 88.0 cm³/mol. The molecule has 2 aromatic carbocycles. The smallest absolute Gasteiger partial charge is 0.238 e. The van der Waals surface area contributed by atoms with Crippen LogP contribution in [-0.2, 0) is 11.3 Å². The topological polar surface area (TPSA) is 41.1 Å². The van der Waals surface area contributed by atoms with Gasteiger partial charge in [-0.25, -0.2) is 0 Å². The first-order valence-corrected chi connectivity index (χ1v) is 7.32.